The average Bonchev–Trinajstić information content (AvgIpc) is 3.14. The summed E-state index contributed by atoms with van der Waals surface area (Å²) >= 11 is 6.17. The lowest BCUT2D eigenvalue weighted by Gasteiger charge is -2.07. The second kappa shape index (κ2) is 6.74. The van der Waals surface area contributed by atoms with Crippen molar-refractivity contribution in [1.82, 2.24) is 4.98 Å². The molecule has 0 atom stereocenters. The average molecular weight is 382 g/mol. The Morgan fingerprint density at radius 1 is 1.11 bits per heavy atom. The molecule has 0 bridgehead atoms. The van der Waals surface area contributed by atoms with Crippen LogP contribution in [0.2, 0.25) is 5.02 Å². The standard InChI is InChI=1S/C20H12ClNO5/c21-14-8-11(9-17-19(14)27-10-26-17)7-13(18(23)20(24)25)16-6-5-12-3-1-2-4-15(12)22-16/h1-9H,10H2,(H,24,25)/b13-7-. The monoisotopic (exact) mass is 381 g/mol. The molecular formula is C20H12ClNO5. The van der Waals surface area contributed by atoms with E-state index in [4.69, 9.17) is 21.1 Å². The molecule has 4 rings (SSSR count). The molecule has 0 saturated carbocycles. The topological polar surface area (TPSA) is 85.7 Å². The van der Waals surface area contributed by atoms with Crippen LogP contribution in [-0.4, -0.2) is 28.6 Å². The van der Waals surface area contributed by atoms with Gasteiger partial charge in [-0.3, -0.25) is 4.79 Å². The predicted molar refractivity (Wildman–Crippen MR) is 99.8 cm³/mol. The summed E-state index contributed by atoms with van der Waals surface area (Å²) < 4.78 is 10.6. The number of aromatic nitrogens is 1. The van der Waals surface area contributed by atoms with Crippen LogP contribution in [0.5, 0.6) is 11.5 Å². The summed E-state index contributed by atoms with van der Waals surface area (Å²) in [5.74, 6) is -1.78. The molecule has 2 aromatic carbocycles. The van der Waals surface area contributed by atoms with Gasteiger partial charge in [-0.1, -0.05) is 35.9 Å². The van der Waals surface area contributed by atoms with Crippen LogP contribution in [0, 0.1) is 0 Å². The van der Waals surface area contributed by atoms with Gasteiger partial charge in [0.05, 0.1) is 21.8 Å². The van der Waals surface area contributed by atoms with E-state index < -0.39 is 11.8 Å². The number of para-hydroxylation sites is 1. The van der Waals surface area contributed by atoms with Crippen LogP contribution >= 0.6 is 11.6 Å². The van der Waals surface area contributed by atoms with E-state index >= 15 is 0 Å². The Balaban J connectivity index is 1.86. The molecule has 3 aromatic rings. The number of pyridine rings is 1. The van der Waals surface area contributed by atoms with Crippen molar-refractivity contribution in [3.8, 4) is 11.5 Å². The summed E-state index contributed by atoms with van der Waals surface area (Å²) in [6, 6.07) is 14.0. The maximum atomic E-state index is 12.3. The molecule has 1 aliphatic rings. The number of carbonyl (C=O) groups excluding carboxylic acids is 1. The third kappa shape index (κ3) is 3.22. The third-order valence-electron chi connectivity index (χ3n) is 4.07. The largest absolute Gasteiger partial charge is 0.475 e. The van der Waals surface area contributed by atoms with Crippen molar-refractivity contribution in [2.45, 2.75) is 0 Å². The van der Waals surface area contributed by atoms with Crippen molar-refractivity contribution in [3.05, 3.63) is 64.8 Å². The molecule has 27 heavy (non-hydrogen) atoms. The number of fused-ring (bicyclic) bond motifs is 2. The van der Waals surface area contributed by atoms with Crippen molar-refractivity contribution < 1.29 is 24.2 Å². The van der Waals surface area contributed by atoms with E-state index in [1.165, 1.54) is 6.08 Å². The minimum atomic E-state index is -1.57. The summed E-state index contributed by atoms with van der Waals surface area (Å²) in [4.78, 5) is 28.1. The Morgan fingerprint density at radius 2 is 1.93 bits per heavy atom. The Hall–Kier alpha value is -3.38. The fraction of sp³-hybridized carbons (Fsp3) is 0.0500. The Morgan fingerprint density at radius 3 is 2.74 bits per heavy atom. The van der Waals surface area contributed by atoms with Gasteiger partial charge < -0.3 is 14.6 Å². The molecule has 1 aliphatic heterocycles. The van der Waals surface area contributed by atoms with Crippen LogP contribution < -0.4 is 9.47 Å². The zero-order valence-electron chi connectivity index (χ0n) is 13.8. The SMILES string of the molecule is O=C(O)C(=O)/C(=C\c1cc(Cl)c2c(c1)OCO2)c1ccc2ccccc2n1. The van der Waals surface area contributed by atoms with Crippen molar-refractivity contribution in [3.63, 3.8) is 0 Å². The first-order valence-corrected chi connectivity index (χ1v) is 8.35. The van der Waals surface area contributed by atoms with Crippen LogP contribution in [0.4, 0.5) is 0 Å². The Bertz CT molecular complexity index is 1120. The van der Waals surface area contributed by atoms with Crippen molar-refractivity contribution in [2.24, 2.45) is 0 Å². The summed E-state index contributed by atoms with van der Waals surface area (Å²) in [5.41, 5.74) is 1.37. The molecule has 0 saturated heterocycles. The molecule has 6 nitrogen and oxygen atoms in total. The molecule has 7 heteroatoms. The number of ether oxygens (including phenoxy) is 2. The number of carboxylic acid groups (broad SMARTS) is 1. The molecule has 1 N–H and O–H groups in total. The van der Waals surface area contributed by atoms with Gasteiger partial charge in [0.15, 0.2) is 11.5 Å². The fourth-order valence-corrected chi connectivity index (χ4v) is 3.10. The van der Waals surface area contributed by atoms with Gasteiger partial charge in [0.2, 0.25) is 6.79 Å². The van der Waals surface area contributed by atoms with E-state index in [2.05, 4.69) is 4.98 Å². The molecule has 2 heterocycles. The first-order chi connectivity index (χ1) is 13.0. The zero-order chi connectivity index (χ0) is 19.0. The van der Waals surface area contributed by atoms with Crippen molar-refractivity contribution in [2.75, 3.05) is 6.79 Å². The summed E-state index contributed by atoms with van der Waals surface area (Å²) in [6.45, 7) is 0.0510. The predicted octanol–water partition coefficient (Wildman–Crippen LogP) is 3.81. The first-order valence-electron chi connectivity index (χ1n) is 7.97. The van der Waals surface area contributed by atoms with Crippen LogP contribution in [0.25, 0.3) is 22.6 Å². The number of ketones is 1. The number of hydrogen-bond donors (Lipinski definition) is 1. The lowest BCUT2D eigenvalue weighted by atomic mass is 10.0. The highest BCUT2D eigenvalue weighted by atomic mass is 35.5. The smallest absolute Gasteiger partial charge is 0.377 e. The lowest BCUT2D eigenvalue weighted by Crippen LogP contribution is -2.15. The van der Waals surface area contributed by atoms with Crippen molar-refractivity contribution >= 4 is 45.9 Å². The van der Waals surface area contributed by atoms with Crippen LogP contribution in [0.15, 0.2) is 48.5 Å². The molecule has 0 radical (unpaired) electrons. The second-order valence-corrected chi connectivity index (χ2v) is 6.23. The number of hydrogen-bond acceptors (Lipinski definition) is 5. The molecular weight excluding hydrogens is 370 g/mol. The number of benzene rings is 2. The molecule has 0 fully saturated rings. The number of rotatable bonds is 4. The van der Waals surface area contributed by atoms with E-state index in [-0.39, 0.29) is 18.1 Å². The maximum absolute atomic E-state index is 12.3. The minimum absolute atomic E-state index is 0.0510. The van der Waals surface area contributed by atoms with Gasteiger partial charge in [0.1, 0.15) is 0 Å². The Labute approximate surface area is 158 Å². The molecule has 0 spiro atoms. The number of carboxylic acids is 1. The normalized spacial score (nSPS) is 13.0. The van der Waals surface area contributed by atoms with Crippen LogP contribution in [0.3, 0.4) is 0 Å². The van der Waals surface area contributed by atoms with E-state index in [1.807, 2.05) is 18.2 Å². The number of carbonyl (C=O) groups is 2. The highest BCUT2D eigenvalue weighted by Crippen LogP contribution is 2.40. The van der Waals surface area contributed by atoms with Crippen molar-refractivity contribution in [1.29, 1.82) is 0 Å². The summed E-state index contributed by atoms with van der Waals surface area (Å²) in [7, 11) is 0. The van der Waals surface area contributed by atoms with E-state index in [0.29, 0.717) is 27.6 Å². The quantitative estimate of drug-likeness (QED) is 0.546. The highest BCUT2D eigenvalue weighted by molar-refractivity contribution is 6.52. The van der Waals surface area contributed by atoms with Gasteiger partial charge in [-0.25, -0.2) is 9.78 Å². The minimum Gasteiger partial charge on any atom is -0.475 e. The second-order valence-electron chi connectivity index (χ2n) is 5.82. The number of Topliss-reactive ketones (excluding diaryl/α,β-unsaturated/α-hetero) is 1. The van der Waals surface area contributed by atoms with Gasteiger partial charge >= 0.3 is 5.97 Å². The third-order valence-corrected chi connectivity index (χ3v) is 4.35. The van der Waals surface area contributed by atoms with Crippen LogP contribution in [0.1, 0.15) is 11.3 Å². The number of halogens is 1. The van der Waals surface area contributed by atoms with E-state index in [0.717, 1.165) is 5.39 Å². The van der Waals surface area contributed by atoms with Gasteiger partial charge in [0, 0.05) is 5.39 Å². The van der Waals surface area contributed by atoms with E-state index in [1.54, 1.807) is 30.3 Å². The fourth-order valence-electron chi connectivity index (χ4n) is 2.82. The molecule has 0 aliphatic carbocycles. The first kappa shape index (κ1) is 17.1. The summed E-state index contributed by atoms with van der Waals surface area (Å²) in [5, 5.41) is 10.4. The van der Waals surface area contributed by atoms with Gasteiger partial charge in [0.25, 0.3) is 5.78 Å². The van der Waals surface area contributed by atoms with Gasteiger partial charge in [-0.2, -0.15) is 0 Å². The zero-order valence-corrected chi connectivity index (χ0v) is 14.6. The molecule has 1 aromatic heterocycles. The van der Waals surface area contributed by atoms with Crippen LogP contribution in [-0.2, 0) is 9.59 Å². The Kier molecular flexibility index (Phi) is 4.25. The molecule has 0 amide bonds. The highest BCUT2D eigenvalue weighted by Gasteiger charge is 2.23. The van der Waals surface area contributed by atoms with Gasteiger partial charge in [-0.05, 0) is 35.9 Å². The lowest BCUT2D eigenvalue weighted by molar-refractivity contribution is -0.146. The summed E-state index contributed by atoms with van der Waals surface area (Å²) in [6.07, 6.45) is 1.43. The number of nitrogens with zero attached hydrogens (tertiary/aromatic N) is 1. The number of aliphatic carboxylic acids is 1. The van der Waals surface area contributed by atoms with Gasteiger partial charge in [-0.15, -0.1) is 0 Å². The molecule has 134 valence electrons. The molecule has 0 unspecified atom stereocenters. The van der Waals surface area contributed by atoms with E-state index in [9.17, 15) is 14.7 Å². The maximum Gasteiger partial charge on any atom is 0.377 e.